The van der Waals surface area contributed by atoms with Crippen LogP contribution in [0.3, 0.4) is 0 Å². The fraction of sp³-hybridized carbons (Fsp3) is 0.357. The number of ether oxygens (including phenoxy) is 1. The van der Waals surface area contributed by atoms with Gasteiger partial charge < -0.3 is 15.0 Å². The first-order valence-corrected chi connectivity index (χ1v) is 7.57. The molecule has 3 rings (SSSR count). The Labute approximate surface area is 130 Å². The van der Waals surface area contributed by atoms with Gasteiger partial charge >= 0.3 is 5.97 Å². The van der Waals surface area contributed by atoms with Crippen LogP contribution in [0.15, 0.2) is 22.7 Å². The van der Waals surface area contributed by atoms with Crippen LogP contribution >= 0.6 is 15.9 Å². The second-order valence-corrected chi connectivity index (χ2v) is 5.91. The van der Waals surface area contributed by atoms with Crippen LogP contribution in [0.4, 0.5) is 5.69 Å². The van der Waals surface area contributed by atoms with Crippen molar-refractivity contribution in [2.24, 2.45) is 0 Å². The summed E-state index contributed by atoms with van der Waals surface area (Å²) >= 11 is 3.31. The number of aromatic nitrogens is 3. The standard InChI is InChI=1S/C14H15BrN4O2/c15-10-5-9(6-11(16)7-10)14(20)21-8-13-18-17-12-3-1-2-4-19(12)13/h5-7H,1-4,8,16H2. The molecule has 0 amide bonds. The van der Waals surface area contributed by atoms with Crippen LogP contribution in [0, 0.1) is 0 Å². The van der Waals surface area contributed by atoms with E-state index >= 15 is 0 Å². The van der Waals surface area contributed by atoms with Crippen molar-refractivity contribution in [3.63, 3.8) is 0 Å². The molecule has 0 saturated heterocycles. The quantitative estimate of drug-likeness (QED) is 0.678. The number of carbonyl (C=O) groups excluding carboxylic acids is 1. The van der Waals surface area contributed by atoms with E-state index in [2.05, 4.69) is 26.1 Å². The van der Waals surface area contributed by atoms with Crippen LogP contribution in [0.25, 0.3) is 0 Å². The molecule has 0 aliphatic carbocycles. The molecule has 0 unspecified atom stereocenters. The number of aryl methyl sites for hydroxylation is 1. The van der Waals surface area contributed by atoms with Crippen molar-refractivity contribution in [2.45, 2.75) is 32.4 Å². The topological polar surface area (TPSA) is 83.0 Å². The van der Waals surface area contributed by atoms with Crippen LogP contribution < -0.4 is 5.73 Å². The summed E-state index contributed by atoms with van der Waals surface area (Å²) in [6, 6.07) is 5.00. The molecule has 2 aromatic rings. The van der Waals surface area contributed by atoms with Crippen molar-refractivity contribution in [1.29, 1.82) is 0 Å². The molecule has 0 bridgehead atoms. The molecule has 2 N–H and O–H groups in total. The number of anilines is 1. The first-order valence-electron chi connectivity index (χ1n) is 6.77. The van der Waals surface area contributed by atoms with Gasteiger partial charge in [-0.2, -0.15) is 0 Å². The van der Waals surface area contributed by atoms with Gasteiger partial charge in [0.15, 0.2) is 12.4 Å². The highest BCUT2D eigenvalue weighted by molar-refractivity contribution is 9.10. The molecule has 0 fully saturated rings. The van der Waals surface area contributed by atoms with Crippen molar-refractivity contribution in [3.05, 3.63) is 39.9 Å². The van der Waals surface area contributed by atoms with E-state index in [1.54, 1.807) is 18.2 Å². The van der Waals surface area contributed by atoms with Crippen molar-refractivity contribution in [3.8, 4) is 0 Å². The summed E-state index contributed by atoms with van der Waals surface area (Å²) in [5.74, 6) is 1.25. The predicted octanol–water partition coefficient (Wildman–Crippen LogP) is 2.32. The molecular formula is C14H15BrN4O2. The van der Waals surface area contributed by atoms with Crippen molar-refractivity contribution in [2.75, 3.05) is 5.73 Å². The molecular weight excluding hydrogens is 336 g/mol. The van der Waals surface area contributed by atoms with Gasteiger partial charge in [-0.1, -0.05) is 15.9 Å². The minimum atomic E-state index is -0.420. The van der Waals surface area contributed by atoms with Gasteiger partial charge in [-0.05, 0) is 31.0 Å². The molecule has 7 heteroatoms. The number of hydrogen-bond donors (Lipinski definition) is 1. The fourth-order valence-electron chi connectivity index (χ4n) is 2.42. The number of carbonyl (C=O) groups is 1. The summed E-state index contributed by atoms with van der Waals surface area (Å²) in [7, 11) is 0. The summed E-state index contributed by atoms with van der Waals surface area (Å²) in [6.45, 7) is 1.01. The summed E-state index contributed by atoms with van der Waals surface area (Å²) < 4.78 is 8.09. The van der Waals surface area contributed by atoms with E-state index in [1.807, 2.05) is 4.57 Å². The molecule has 0 atom stereocenters. The van der Waals surface area contributed by atoms with Gasteiger partial charge in [-0.3, -0.25) is 0 Å². The lowest BCUT2D eigenvalue weighted by Gasteiger charge is -2.14. The number of hydrogen-bond acceptors (Lipinski definition) is 5. The lowest BCUT2D eigenvalue weighted by molar-refractivity contribution is 0.0456. The second-order valence-electron chi connectivity index (χ2n) is 4.99. The Morgan fingerprint density at radius 1 is 1.33 bits per heavy atom. The first kappa shape index (κ1) is 14.1. The molecule has 1 aromatic heterocycles. The van der Waals surface area contributed by atoms with E-state index in [9.17, 15) is 4.79 Å². The van der Waals surface area contributed by atoms with Gasteiger partial charge in [-0.15, -0.1) is 10.2 Å². The Balaban J connectivity index is 1.70. The summed E-state index contributed by atoms with van der Waals surface area (Å²) in [4.78, 5) is 12.1. The monoisotopic (exact) mass is 350 g/mol. The predicted molar refractivity (Wildman–Crippen MR) is 80.6 cm³/mol. The van der Waals surface area contributed by atoms with Gasteiger partial charge in [-0.25, -0.2) is 4.79 Å². The maximum atomic E-state index is 12.1. The van der Waals surface area contributed by atoms with Gasteiger partial charge in [0.1, 0.15) is 5.82 Å². The highest BCUT2D eigenvalue weighted by Gasteiger charge is 2.17. The molecule has 0 spiro atoms. The third kappa shape index (κ3) is 3.07. The Hall–Kier alpha value is -1.89. The van der Waals surface area contributed by atoms with Crippen LogP contribution in [0.2, 0.25) is 0 Å². The smallest absolute Gasteiger partial charge is 0.338 e. The average molecular weight is 351 g/mol. The largest absolute Gasteiger partial charge is 0.454 e. The molecule has 1 aliphatic rings. The normalized spacial score (nSPS) is 13.8. The first-order chi connectivity index (χ1) is 10.1. The fourth-order valence-corrected chi connectivity index (χ4v) is 2.93. The molecule has 1 aromatic carbocycles. The van der Waals surface area contributed by atoms with E-state index in [4.69, 9.17) is 10.5 Å². The van der Waals surface area contributed by atoms with Gasteiger partial charge in [0.25, 0.3) is 0 Å². The Morgan fingerprint density at radius 2 is 2.19 bits per heavy atom. The highest BCUT2D eigenvalue weighted by atomic mass is 79.9. The molecule has 2 heterocycles. The lowest BCUT2D eigenvalue weighted by atomic mass is 10.2. The third-order valence-electron chi connectivity index (χ3n) is 3.42. The second kappa shape index (κ2) is 5.85. The van der Waals surface area contributed by atoms with Gasteiger partial charge in [0.2, 0.25) is 0 Å². The minimum absolute atomic E-state index is 0.123. The molecule has 21 heavy (non-hydrogen) atoms. The number of benzene rings is 1. The Kier molecular flexibility index (Phi) is 3.92. The molecule has 1 aliphatic heterocycles. The number of nitrogen functional groups attached to an aromatic ring is 1. The van der Waals surface area contributed by atoms with E-state index in [0.29, 0.717) is 17.1 Å². The zero-order valence-corrected chi connectivity index (χ0v) is 13.0. The SMILES string of the molecule is Nc1cc(Br)cc(C(=O)OCc2nnc3n2CCCC3)c1. The maximum absolute atomic E-state index is 12.1. The van der Waals surface area contributed by atoms with Crippen molar-refractivity contribution >= 4 is 27.6 Å². The number of nitrogens with two attached hydrogens (primary N) is 1. The van der Waals surface area contributed by atoms with E-state index in [0.717, 1.165) is 36.1 Å². The van der Waals surface area contributed by atoms with E-state index in [-0.39, 0.29) is 6.61 Å². The van der Waals surface area contributed by atoms with Gasteiger partial charge in [0, 0.05) is 23.1 Å². The van der Waals surface area contributed by atoms with Gasteiger partial charge in [0.05, 0.1) is 5.56 Å². The van der Waals surface area contributed by atoms with E-state index in [1.165, 1.54) is 0 Å². The summed E-state index contributed by atoms with van der Waals surface area (Å²) in [6.07, 6.45) is 3.17. The average Bonchev–Trinajstić information content (AvgIpc) is 2.87. The Morgan fingerprint density at radius 3 is 3.00 bits per heavy atom. The van der Waals surface area contributed by atoms with Crippen LogP contribution in [-0.2, 0) is 24.3 Å². The molecule has 0 saturated carbocycles. The summed E-state index contributed by atoms with van der Waals surface area (Å²) in [5, 5.41) is 8.23. The van der Waals surface area contributed by atoms with E-state index < -0.39 is 5.97 Å². The maximum Gasteiger partial charge on any atom is 0.338 e. The minimum Gasteiger partial charge on any atom is -0.454 e. The van der Waals surface area contributed by atoms with Crippen molar-refractivity contribution < 1.29 is 9.53 Å². The number of esters is 1. The molecule has 6 nitrogen and oxygen atoms in total. The summed E-state index contributed by atoms with van der Waals surface area (Å²) in [5.41, 5.74) is 6.64. The van der Waals surface area contributed by atoms with Crippen LogP contribution in [0.5, 0.6) is 0 Å². The zero-order valence-electron chi connectivity index (χ0n) is 11.4. The Bertz CT molecular complexity index is 663. The number of rotatable bonds is 3. The lowest BCUT2D eigenvalue weighted by Crippen LogP contribution is -2.15. The number of halogens is 1. The number of fused-ring (bicyclic) bond motifs is 1. The molecule has 0 radical (unpaired) electrons. The van der Waals surface area contributed by atoms with Crippen molar-refractivity contribution in [1.82, 2.24) is 14.8 Å². The van der Waals surface area contributed by atoms with Crippen LogP contribution in [-0.4, -0.2) is 20.7 Å². The molecule has 110 valence electrons. The highest BCUT2D eigenvalue weighted by Crippen LogP contribution is 2.19. The zero-order chi connectivity index (χ0) is 14.8. The number of nitrogens with zero attached hydrogens (tertiary/aromatic N) is 3. The third-order valence-corrected chi connectivity index (χ3v) is 3.88. The van der Waals surface area contributed by atoms with Crippen LogP contribution in [0.1, 0.15) is 34.8 Å².